The van der Waals surface area contributed by atoms with E-state index in [9.17, 15) is 5.11 Å². The number of nitrogens with zero attached hydrogens (tertiary/aromatic N) is 1. The molecule has 2 N–H and O–H groups in total. The van der Waals surface area contributed by atoms with E-state index in [1.165, 1.54) is 12.8 Å². The molecule has 2 rings (SSSR count). The van der Waals surface area contributed by atoms with E-state index in [2.05, 4.69) is 17.1 Å². The van der Waals surface area contributed by atoms with Crippen LogP contribution in [0.3, 0.4) is 0 Å². The van der Waals surface area contributed by atoms with Crippen molar-refractivity contribution < 1.29 is 9.84 Å². The third kappa shape index (κ3) is 5.03. The standard InChI is InChI=1S/C15H30N2O2/c1-2-7-17(8-9-18)13-15(5-10-19-11-6-15)12-16-14-3-4-14/h14,16,18H,2-13H2,1H3. The fraction of sp³-hybridized carbons (Fsp3) is 1.00. The molecule has 19 heavy (non-hydrogen) atoms. The van der Waals surface area contributed by atoms with Crippen molar-refractivity contribution in [3.8, 4) is 0 Å². The van der Waals surface area contributed by atoms with E-state index in [0.29, 0.717) is 5.41 Å². The Hall–Kier alpha value is -0.160. The van der Waals surface area contributed by atoms with E-state index >= 15 is 0 Å². The Morgan fingerprint density at radius 3 is 2.58 bits per heavy atom. The van der Waals surface area contributed by atoms with Crippen molar-refractivity contribution in [3.63, 3.8) is 0 Å². The summed E-state index contributed by atoms with van der Waals surface area (Å²) in [5.74, 6) is 0. The molecule has 0 aromatic carbocycles. The summed E-state index contributed by atoms with van der Waals surface area (Å²) in [6.07, 6.45) is 6.16. The molecule has 1 aliphatic carbocycles. The third-order valence-corrected chi connectivity index (χ3v) is 4.41. The van der Waals surface area contributed by atoms with Gasteiger partial charge in [0.1, 0.15) is 0 Å². The van der Waals surface area contributed by atoms with Gasteiger partial charge < -0.3 is 20.1 Å². The molecule has 4 nitrogen and oxygen atoms in total. The van der Waals surface area contributed by atoms with Gasteiger partial charge in [0, 0.05) is 38.9 Å². The van der Waals surface area contributed by atoms with Gasteiger partial charge in [0.05, 0.1) is 6.61 Å². The van der Waals surface area contributed by atoms with Crippen LogP contribution >= 0.6 is 0 Å². The molecule has 4 heteroatoms. The van der Waals surface area contributed by atoms with Crippen molar-refractivity contribution in [3.05, 3.63) is 0 Å². The van der Waals surface area contributed by atoms with Crippen LogP contribution < -0.4 is 5.32 Å². The summed E-state index contributed by atoms with van der Waals surface area (Å²) in [5, 5.41) is 12.9. The minimum atomic E-state index is 0.267. The molecule has 1 saturated heterocycles. The number of nitrogens with one attached hydrogen (secondary N) is 1. The Labute approximate surface area is 117 Å². The molecule has 0 aromatic heterocycles. The first-order valence-corrected chi connectivity index (χ1v) is 7.92. The Morgan fingerprint density at radius 1 is 1.26 bits per heavy atom. The first-order valence-electron chi connectivity index (χ1n) is 7.92. The van der Waals surface area contributed by atoms with Crippen LogP contribution in [0.4, 0.5) is 0 Å². The predicted molar refractivity (Wildman–Crippen MR) is 77.3 cm³/mol. The molecule has 1 aliphatic heterocycles. The highest BCUT2D eigenvalue weighted by molar-refractivity contribution is 4.91. The normalized spacial score (nSPS) is 22.9. The van der Waals surface area contributed by atoms with E-state index in [-0.39, 0.29) is 6.61 Å². The topological polar surface area (TPSA) is 44.7 Å². The molecule has 1 saturated carbocycles. The number of ether oxygens (including phenoxy) is 1. The van der Waals surface area contributed by atoms with Gasteiger partial charge in [-0.15, -0.1) is 0 Å². The van der Waals surface area contributed by atoms with Gasteiger partial charge in [-0.05, 0) is 44.1 Å². The van der Waals surface area contributed by atoms with Gasteiger partial charge in [0.2, 0.25) is 0 Å². The molecule has 0 radical (unpaired) electrons. The zero-order valence-corrected chi connectivity index (χ0v) is 12.4. The number of aliphatic hydroxyl groups excluding tert-OH is 1. The fourth-order valence-corrected chi connectivity index (χ4v) is 3.05. The number of aliphatic hydroxyl groups is 1. The SMILES string of the molecule is CCCN(CCO)CC1(CNC2CC2)CCOCC1. The van der Waals surface area contributed by atoms with Crippen molar-refractivity contribution in [1.29, 1.82) is 0 Å². The summed E-state index contributed by atoms with van der Waals surface area (Å²) in [7, 11) is 0. The lowest BCUT2D eigenvalue weighted by Crippen LogP contribution is -2.48. The van der Waals surface area contributed by atoms with Crippen LogP contribution in [-0.2, 0) is 4.74 Å². The van der Waals surface area contributed by atoms with Gasteiger partial charge in [0.25, 0.3) is 0 Å². The molecule has 0 atom stereocenters. The van der Waals surface area contributed by atoms with Crippen molar-refractivity contribution in [2.75, 3.05) is 46.0 Å². The Balaban J connectivity index is 1.89. The highest BCUT2D eigenvalue weighted by atomic mass is 16.5. The second-order valence-corrected chi connectivity index (χ2v) is 6.27. The lowest BCUT2D eigenvalue weighted by Gasteiger charge is -2.41. The lowest BCUT2D eigenvalue weighted by atomic mass is 9.79. The zero-order chi connectivity index (χ0) is 13.6. The van der Waals surface area contributed by atoms with Crippen molar-refractivity contribution in [2.24, 2.45) is 5.41 Å². The smallest absolute Gasteiger partial charge is 0.0558 e. The quantitative estimate of drug-likeness (QED) is 0.662. The Kier molecular flexibility index (Phi) is 6.07. The van der Waals surface area contributed by atoms with Crippen LogP contribution in [0.2, 0.25) is 0 Å². The number of hydrogen-bond acceptors (Lipinski definition) is 4. The van der Waals surface area contributed by atoms with E-state index < -0.39 is 0 Å². The first kappa shape index (κ1) is 15.2. The summed E-state index contributed by atoms with van der Waals surface area (Å²) in [5.41, 5.74) is 0.352. The van der Waals surface area contributed by atoms with Crippen LogP contribution in [0.25, 0.3) is 0 Å². The van der Waals surface area contributed by atoms with Crippen LogP contribution in [-0.4, -0.2) is 62.0 Å². The molecular formula is C15H30N2O2. The second kappa shape index (κ2) is 7.58. The summed E-state index contributed by atoms with van der Waals surface area (Å²) >= 11 is 0. The van der Waals surface area contributed by atoms with Gasteiger partial charge in [-0.3, -0.25) is 0 Å². The number of rotatable bonds is 9. The van der Waals surface area contributed by atoms with E-state index in [0.717, 1.165) is 64.7 Å². The van der Waals surface area contributed by atoms with E-state index in [1.807, 2.05) is 0 Å². The third-order valence-electron chi connectivity index (χ3n) is 4.41. The first-order chi connectivity index (χ1) is 9.28. The molecule has 0 aromatic rings. The average molecular weight is 270 g/mol. The molecule has 2 fully saturated rings. The van der Waals surface area contributed by atoms with Gasteiger partial charge in [-0.25, -0.2) is 0 Å². The summed E-state index contributed by atoms with van der Waals surface area (Å²) in [6.45, 7) is 8.38. The zero-order valence-electron chi connectivity index (χ0n) is 12.4. The maximum atomic E-state index is 9.22. The molecule has 0 bridgehead atoms. The maximum absolute atomic E-state index is 9.22. The van der Waals surface area contributed by atoms with E-state index in [4.69, 9.17) is 4.74 Å². The largest absolute Gasteiger partial charge is 0.395 e. The van der Waals surface area contributed by atoms with Gasteiger partial charge in [-0.1, -0.05) is 6.92 Å². The van der Waals surface area contributed by atoms with Crippen LogP contribution in [0.15, 0.2) is 0 Å². The molecule has 0 amide bonds. The average Bonchev–Trinajstić information content (AvgIpc) is 3.22. The molecule has 0 spiro atoms. The van der Waals surface area contributed by atoms with Crippen molar-refractivity contribution in [1.82, 2.24) is 10.2 Å². The summed E-state index contributed by atoms with van der Waals surface area (Å²) in [4.78, 5) is 2.43. The predicted octanol–water partition coefficient (Wildman–Crippen LogP) is 1.24. The highest BCUT2D eigenvalue weighted by Gasteiger charge is 2.35. The van der Waals surface area contributed by atoms with Gasteiger partial charge in [0.15, 0.2) is 0 Å². The minimum absolute atomic E-state index is 0.267. The molecule has 0 unspecified atom stereocenters. The minimum Gasteiger partial charge on any atom is -0.395 e. The van der Waals surface area contributed by atoms with Crippen LogP contribution in [0.1, 0.15) is 39.0 Å². The molecule has 112 valence electrons. The lowest BCUT2D eigenvalue weighted by molar-refractivity contribution is -0.00667. The van der Waals surface area contributed by atoms with Crippen LogP contribution in [0.5, 0.6) is 0 Å². The highest BCUT2D eigenvalue weighted by Crippen LogP contribution is 2.32. The fourth-order valence-electron chi connectivity index (χ4n) is 3.05. The Morgan fingerprint density at radius 2 is 2.00 bits per heavy atom. The van der Waals surface area contributed by atoms with Gasteiger partial charge in [-0.2, -0.15) is 0 Å². The van der Waals surface area contributed by atoms with Gasteiger partial charge >= 0.3 is 0 Å². The second-order valence-electron chi connectivity index (χ2n) is 6.27. The van der Waals surface area contributed by atoms with Crippen molar-refractivity contribution >= 4 is 0 Å². The molecular weight excluding hydrogens is 240 g/mol. The van der Waals surface area contributed by atoms with Crippen LogP contribution in [0, 0.1) is 5.41 Å². The summed E-state index contributed by atoms with van der Waals surface area (Å²) in [6, 6.07) is 0.775. The monoisotopic (exact) mass is 270 g/mol. The van der Waals surface area contributed by atoms with E-state index in [1.54, 1.807) is 0 Å². The van der Waals surface area contributed by atoms with Crippen molar-refractivity contribution in [2.45, 2.75) is 45.1 Å². The molecule has 2 aliphatic rings. The number of hydrogen-bond donors (Lipinski definition) is 2. The molecule has 1 heterocycles. The summed E-state index contributed by atoms with van der Waals surface area (Å²) < 4.78 is 5.55. The Bertz CT molecular complexity index is 245. The maximum Gasteiger partial charge on any atom is 0.0558 e.